The van der Waals surface area contributed by atoms with Gasteiger partial charge in [-0.2, -0.15) is 0 Å². The first kappa shape index (κ1) is 10.0. The molecule has 0 radical (unpaired) electrons. The van der Waals surface area contributed by atoms with E-state index < -0.39 is 5.97 Å². The van der Waals surface area contributed by atoms with E-state index in [4.69, 9.17) is 9.84 Å². The van der Waals surface area contributed by atoms with Crippen LogP contribution in [0.25, 0.3) is 0 Å². The summed E-state index contributed by atoms with van der Waals surface area (Å²) in [6.07, 6.45) is 3.41. The predicted octanol–water partition coefficient (Wildman–Crippen LogP) is 2.25. The maximum atomic E-state index is 10.4. The third-order valence-electron chi connectivity index (χ3n) is 2.35. The lowest BCUT2D eigenvalue weighted by atomic mass is 10.1. The van der Waals surface area contributed by atoms with Crippen molar-refractivity contribution < 1.29 is 14.6 Å². The third kappa shape index (κ3) is 3.27. The normalized spacial score (nSPS) is 14.9. The van der Waals surface area contributed by atoms with E-state index in [1.807, 2.05) is 24.3 Å². The highest BCUT2D eigenvalue weighted by atomic mass is 16.5. The summed E-state index contributed by atoms with van der Waals surface area (Å²) in [5, 5.41) is 8.57. The molecular formula is C12H14O3. The van der Waals surface area contributed by atoms with E-state index >= 15 is 0 Å². The van der Waals surface area contributed by atoms with Gasteiger partial charge in [0.25, 0.3) is 0 Å². The highest BCUT2D eigenvalue weighted by Crippen LogP contribution is 2.27. The van der Waals surface area contributed by atoms with E-state index in [0.717, 1.165) is 24.2 Å². The molecule has 3 nitrogen and oxygen atoms in total. The standard InChI is InChI=1S/C12H14O3/c13-12(14)7-4-9-2-1-3-11(8-9)15-10-5-6-10/h1-3,8,10H,4-7H2,(H,13,14). The van der Waals surface area contributed by atoms with Crippen LogP contribution in [0.15, 0.2) is 24.3 Å². The SMILES string of the molecule is O=C(O)CCc1cccc(OC2CC2)c1. The predicted molar refractivity (Wildman–Crippen MR) is 56.0 cm³/mol. The molecular weight excluding hydrogens is 192 g/mol. The van der Waals surface area contributed by atoms with E-state index in [0.29, 0.717) is 12.5 Å². The highest BCUT2D eigenvalue weighted by Gasteiger charge is 2.23. The molecule has 0 saturated heterocycles. The maximum Gasteiger partial charge on any atom is 0.303 e. The summed E-state index contributed by atoms with van der Waals surface area (Å²) in [4.78, 5) is 10.4. The molecule has 1 fully saturated rings. The Bertz CT molecular complexity index is 356. The molecule has 15 heavy (non-hydrogen) atoms. The fourth-order valence-electron chi connectivity index (χ4n) is 1.40. The van der Waals surface area contributed by atoms with Crippen LogP contribution in [-0.4, -0.2) is 17.2 Å². The molecule has 0 unspecified atom stereocenters. The van der Waals surface area contributed by atoms with E-state index in [9.17, 15) is 4.79 Å². The number of aryl methyl sites for hydroxylation is 1. The molecule has 0 amide bonds. The molecule has 0 aliphatic heterocycles. The number of benzene rings is 1. The van der Waals surface area contributed by atoms with Gasteiger partial charge >= 0.3 is 5.97 Å². The lowest BCUT2D eigenvalue weighted by molar-refractivity contribution is -0.136. The first-order valence-electron chi connectivity index (χ1n) is 5.21. The van der Waals surface area contributed by atoms with Crippen molar-refractivity contribution in [2.24, 2.45) is 0 Å². The fraction of sp³-hybridized carbons (Fsp3) is 0.417. The summed E-state index contributed by atoms with van der Waals surface area (Å²) in [6, 6.07) is 7.70. The zero-order chi connectivity index (χ0) is 10.7. The van der Waals surface area contributed by atoms with Gasteiger partial charge in [-0.15, -0.1) is 0 Å². The first-order valence-corrected chi connectivity index (χ1v) is 5.21. The average Bonchev–Trinajstić information content (AvgIpc) is 2.99. The van der Waals surface area contributed by atoms with Crippen LogP contribution in [0, 0.1) is 0 Å². The second kappa shape index (κ2) is 4.34. The van der Waals surface area contributed by atoms with Crippen LogP contribution in [0.1, 0.15) is 24.8 Å². The molecule has 0 spiro atoms. The van der Waals surface area contributed by atoms with Gasteiger partial charge in [0.2, 0.25) is 0 Å². The molecule has 3 heteroatoms. The van der Waals surface area contributed by atoms with Gasteiger partial charge in [0.05, 0.1) is 6.10 Å². The Labute approximate surface area is 88.7 Å². The smallest absolute Gasteiger partial charge is 0.303 e. The van der Waals surface area contributed by atoms with Crippen LogP contribution in [-0.2, 0) is 11.2 Å². The molecule has 2 rings (SSSR count). The van der Waals surface area contributed by atoms with E-state index in [1.165, 1.54) is 0 Å². The second-order valence-corrected chi connectivity index (χ2v) is 3.86. The van der Waals surface area contributed by atoms with Gasteiger partial charge in [-0.25, -0.2) is 0 Å². The van der Waals surface area contributed by atoms with Crippen molar-refractivity contribution in [1.29, 1.82) is 0 Å². The van der Waals surface area contributed by atoms with Gasteiger partial charge in [0, 0.05) is 6.42 Å². The minimum atomic E-state index is -0.761. The van der Waals surface area contributed by atoms with Crippen molar-refractivity contribution in [2.45, 2.75) is 31.8 Å². The monoisotopic (exact) mass is 206 g/mol. The first-order chi connectivity index (χ1) is 7.24. The number of aliphatic carboxylic acids is 1. The Hall–Kier alpha value is -1.51. The van der Waals surface area contributed by atoms with E-state index in [1.54, 1.807) is 0 Å². The number of ether oxygens (including phenoxy) is 1. The van der Waals surface area contributed by atoms with Gasteiger partial charge in [-0.3, -0.25) is 4.79 Å². The molecule has 0 atom stereocenters. The average molecular weight is 206 g/mol. The van der Waals surface area contributed by atoms with Crippen LogP contribution < -0.4 is 4.74 Å². The van der Waals surface area contributed by atoms with Crippen LogP contribution >= 0.6 is 0 Å². The molecule has 0 bridgehead atoms. The lowest BCUT2D eigenvalue weighted by Gasteiger charge is -2.05. The number of carboxylic acids is 1. The van der Waals surface area contributed by atoms with Crippen molar-refractivity contribution in [3.05, 3.63) is 29.8 Å². The second-order valence-electron chi connectivity index (χ2n) is 3.86. The Morgan fingerprint density at radius 3 is 2.93 bits per heavy atom. The van der Waals surface area contributed by atoms with Crippen LogP contribution in [0.2, 0.25) is 0 Å². The molecule has 1 aromatic carbocycles. The summed E-state index contributed by atoms with van der Waals surface area (Å²) in [6.45, 7) is 0. The van der Waals surface area contributed by atoms with Gasteiger partial charge in [-0.05, 0) is 37.0 Å². The molecule has 1 aliphatic carbocycles. The molecule has 80 valence electrons. The third-order valence-corrected chi connectivity index (χ3v) is 2.35. The number of carboxylic acid groups (broad SMARTS) is 1. The Kier molecular flexibility index (Phi) is 2.90. The Morgan fingerprint density at radius 1 is 1.47 bits per heavy atom. The van der Waals surface area contributed by atoms with Crippen LogP contribution in [0.4, 0.5) is 0 Å². The van der Waals surface area contributed by atoms with Crippen molar-refractivity contribution in [1.82, 2.24) is 0 Å². The quantitative estimate of drug-likeness (QED) is 0.803. The van der Waals surface area contributed by atoms with Gasteiger partial charge in [0.15, 0.2) is 0 Å². The van der Waals surface area contributed by atoms with Gasteiger partial charge in [-0.1, -0.05) is 12.1 Å². The number of carbonyl (C=O) groups is 1. The minimum absolute atomic E-state index is 0.173. The van der Waals surface area contributed by atoms with E-state index in [-0.39, 0.29) is 6.42 Å². The van der Waals surface area contributed by atoms with Crippen molar-refractivity contribution >= 4 is 5.97 Å². The zero-order valence-electron chi connectivity index (χ0n) is 8.48. The molecule has 0 aromatic heterocycles. The number of hydrogen-bond donors (Lipinski definition) is 1. The fourth-order valence-corrected chi connectivity index (χ4v) is 1.40. The summed E-state index contributed by atoms with van der Waals surface area (Å²) >= 11 is 0. The van der Waals surface area contributed by atoms with Crippen molar-refractivity contribution in [3.8, 4) is 5.75 Å². The molecule has 1 aliphatic rings. The number of hydrogen-bond acceptors (Lipinski definition) is 2. The largest absolute Gasteiger partial charge is 0.490 e. The lowest BCUT2D eigenvalue weighted by Crippen LogP contribution is -1.99. The van der Waals surface area contributed by atoms with Gasteiger partial charge in [0.1, 0.15) is 5.75 Å². The van der Waals surface area contributed by atoms with Gasteiger partial charge < -0.3 is 9.84 Å². The molecule has 1 N–H and O–H groups in total. The van der Waals surface area contributed by atoms with Crippen molar-refractivity contribution in [3.63, 3.8) is 0 Å². The summed E-state index contributed by atoms with van der Waals surface area (Å²) in [5.41, 5.74) is 1.02. The van der Waals surface area contributed by atoms with Crippen LogP contribution in [0.5, 0.6) is 5.75 Å². The van der Waals surface area contributed by atoms with Crippen LogP contribution in [0.3, 0.4) is 0 Å². The summed E-state index contributed by atoms with van der Waals surface area (Å²) in [7, 11) is 0. The Balaban J connectivity index is 1.94. The molecule has 1 aromatic rings. The maximum absolute atomic E-state index is 10.4. The zero-order valence-corrected chi connectivity index (χ0v) is 8.48. The van der Waals surface area contributed by atoms with E-state index in [2.05, 4.69) is 0 Å². The Morgan fingerprint density at radius 2 is 2.27 bits per heavy atom. The minimum Gasteiger partial charge on any atom is -0.490 e. The number of rotatable bonds is 5. The topological polar surface area (TPSA) is 46.5 Å². The van der Waals surface area contributed by atoms with Crippen molar-refractivity contribution in [2.75, 3.05) is 0 Å². The molecule has 1 saturated carbocycles. The molecule has 0 heterocycles. The summed E-state index contributed by atoms with van der Waals surface area (Å²) < 4.78 is 5.63. The highest BCUT2D eigenvalue weighted by molar-refractivity contribution is 5.67. The summed E-state index contributed by atoms with van der Waals surface area (Å²) in [5.74, 6) is 0.101.